The molecule has 1 aromatic rings. The summed E-state index contributed by atoms with van der Waals surface area (Å²) >= 11 is 9.15. The van der Waals surface area contributed by atoms with Gasteiger partial charge >= 0.3 is 0 Å². The number of halogens is 2. The topological polar surface area (TPSA) is 64.3 Å². The van der Waals surface area contributed by atoms with E-state index in [1.165, 1.54) is 0 Å². The maximum Gasteiger partial charge on any atom is 0.223 e. The van der Waals surface area contributed by atoms with Crippen molar-refractivity contribution in [1.29, 1.82) is 0 Å². The van der Waals surface area contributed by atoms with Gasteiger partial charge in [-0.2, -0.15) is 0 Å². The number of ether oxygens (including phenoxy) is 1. The zero-order valence-corrected chi connectivity index (χ0v) is 12.3. The molecule has 0 atom stereocenters. The molecule has 0 fully saturated rings. The maximum atomic E-state index is 11.4. The second kappa shape index (κ2) is 8.34. The van der Waals surface area contributed by atoms with Gasteiger partial charge in [-0.1, -0.05) is 11.6 Å². The van der Waals surface area contributed by atoms with Crippen LogP contribution in [0.15, 0.2) is 22.7 Å². The summed E-state index contributed by atoms with van der Waals surface area (Å²) in [6.07, 6.45) is 1.11. The highest BCUT2D eigenvalue weighted by Gasteiger charge is 2.04. The molecule has 4 nitrogen and oxygen atoms in total. The zero-order chi connectivity index (χ0) is 13.4. The summed E-state index contributed by atoms with van der Waals surface area (Å²) < 4.78 is 6.25. The number of carbonyl (C=O) groups is 1. The van der Waals surface area contributed by atoms with Gasteiger partial charge in [0.05, 0.1) is 17.5 Å². The van der Waals surface area contributed by atoms with Crippen LogP contribution in [-0.4, -0.2) is 25.6 Å². The number of hydrogen-bond acceptors (Lipinski definition) is 3. The van der Waals surface area contributed by atoms with Gasteiger partial charge in [0.2, 0.25) is 5.91 Å². The van der Waals surface area contributed by atoms with Crippen molar-refractivity contribution in [2.45, 2.75) is 12.8 Å². The predicted octanol–water partition coefficient (Wildman–Crippen LogP) is 2.34. The van der Waals surface area contributed by atoms with E-state index in [2.05, 4.69) is 21.2 Å². The third-order valence-electron chi connectivity index (χ3n) is 2.18. The Balaban J connectivity index is 2.26. The minimum absolute atomic E-state index is 0.0338. The van der Waals surface area contributed by atoms with Gasteiger partial charge in [0, 0.05) is 11.6 Å². The molecule has 0 saturated carbocycles. The summed E-state index contributed by atoms with van der Waals surface area (Å²) in [5, 5.41) is 3.39. The van der Waals surface area contributed by atoms with Gasteiger partial charge in [-0.25, -0.2) is 0 Å². The highest BCUT2D eigenvalue weighted by molar-refractivity contribution is 9.10. The zero-order valence-electron chi connectivity index (χ0n) is 9.92. The molecule has 0 aliphatic carbocycles. The molecule has 0 heterocycles. The standard InChI is InChI=1S/C12H16BrClN2O2/c13-10-8-9(14)2-3-11(10)18-7-4-12(17)16-6-1-5-15/h2-3,8H,1,4-7,15H2,(H,16,17). The Labute approximate surface area is 120 Å². The number of amides is 1. The molecular weight excluding hydrogens is 320 g/mol. The second-order valence-electron chi connectivity index (χ2n) is 3.67. The Bertz CT molecular complexity index is 402. The van der Waals surface area contributed by atoms with E-state index in [4.69, 9.17) is 22.1 Å². The minimum Gasteiger partial charge on any atom is -0.492 e. The summed E-state index contributed by atoms with van der Waals surface area (Å²) in [7, 11) is 0. The van der Waals surface area contributed by atoms with Crippen molar-refractivity contribution >= 4 is 33.4 Å². The molecule has 0 aliphatic rings. The highest BCUT2D eigenvalue weighted by atomic mass is 79.9. The fourth-order valence-electron chi connectivity index (χ4n) is 1.26. The average Bonchev–Trinajstić information content (AvgIpc) is 2.32. The monoisotopic (exact) mass is 334 g/mol. The summed E-state index contributed by atoms with van der Waals surface area (Å²) in [6.45, 7) is 1.52. The van der Waals surface area contributed by atoms with Gasteiger partial charge in [-0.3, -0.25) is 4.79 Å². The number of hydrogen-bond donors (Lipinski definition) is 2. The Hall–Kier alpha value is -0.780. The molecule has 0 saturated heterocycles. The van der Waals surface area contributed by atoms with Crippen LogP contribution in [0.5, 0.6) is 5.75 Å². The number of rotatable bonds is 7. The van der Waals surface area contributed by atoms with Gasteiger partial charge in [-0.05, 0) is 47.1 Å². The van der Waals surface area contributed by atoms with Crippen LogP contribution in [0.25, 0.3) is 0 Å². The number of nitrogens with two attached hydrogens (primary N) is 1. The van der Waals surface area contributed by atoms with Crippen molar-refractivity contribution in [3.63, 3.8) is 0 Å². The molecule has 18 heavy (non-hydrogen) atoms. The summed E-state index contributed by atoms with van der Waals surface area (Å²) in [5.74, 6) is 0.641. The van der Waals surface area contributed by atoms with E-state index >= 15 is 0 Å². The van der Waals surface area contributed by atoms with Crippen LogP contribution in [0.2, 0.25) is 5.02 Å². The molecule has 0 spiro atoms. The first-order valence-electron chi connectivity index (χ1n) is 5.68. The van der Waals surface area contributed by atoms with Crippen molar-refractivity contribution in [2.24, 2.45) is 5.73 Å². The van der Waals surface area contributed by atoms with Gasteiger partial charge in [0.1, 0.15) is 5.75 Å². The van der Waals surface area contributed by atoms with E-state index in [1.54, 1.807) is 18.2 Å². The van der Waals surface area contributed by atoms with Gasteiger partial charge < -0.3 is 15.8 Å². The van der Waals surface area contributed by atoms with Gasteiger partial charge in [-0.15, -0.1) is 0 Å². The van der Waals surface area contributed by atoms with Crippen molar-refractivity contribution in [3.05, 3.63) is 27.7 Å². The van der Waals surface area contributed by atoms with Crippen LogP contribution in [0.3, 0.4) is 0 Å². The largest absolute Gasteiger partial charge is 0.492 e. The van der Waals surface area contributed by atoms with Crippen LogP contribution >= 0.6 is 27.5 Å². The van der Waals surface area contributed by atoms with E-state index in [0.717, 1.165) is 10.9 Å². The summed E-state index contributed by atoms with van der Waals surface area (Å²) in [5.41, 5.74) is 5.33. The van der Waals surface area contributed by atoms with Crippen LogP contribution in [0, 0.1) is 0 Å². The fourth-order valence-corrected chi connectivity index (χ4v) is 2.06. The van der Waals surface area contributed by atoms with Gasteiger partial charge in [0.25, 0.3) is 0 Å². The molecule has 1 rings (SSSR count). The third-order valence-corrected chi connectivity index (χ3v) is 3.04. The Morgan fingerprint density at radius 3 is 2.94 bits per heavy atom. The van der Waals surface area contributed by atoms with E-state index in [-0.39, 0.29) is 5.91 Å². The van der Waals surface area contributed by atoms with E-state index < -0.39 is 0 Å². The first-order valence-corrected chi connectivity index (χ1v) is 6.85. The van der Waals surface area contributed by atoms with Crippen LogP contribution in [0.1, 0.15) is 12.8 Å². The molecule has 0 radical (unpaired) electrons. The lowest BCUT2D eigenvalue weighted by atomic mass is 10.3. The molecule has 0 bridgehead atoms. The molecule has 0 aliphatic heterocycles. The molecule has 3 N–H and O–H groups in total. The van der Waals surface area contributed by atoms with E-state index in [0.29, 0.717) is 36.9 Å². The third kappa shape index (κ3) is 5.71. The second-order valence-corrected chi connectivity index (χ2v) is 4.96. The molecule has 6 heteroatoms. The quantitative estimate of drug-likeness (QED) is 0.752. The number of carbonyl (C=O) groups excluding carboxylic acids is 1. The molecule has 1 aromatic carbocycles. The Morgan fingerprint density at radius 1 is 1.50 bits per heavy atom. The first kappa shape index (κ1) is 15.3. The highest BCUT2D eigenvalue weighted by Crippen LogP contribution is 2.27. The molecule has 0 unspecified atom stereocenters. The summed E-state index contributed by atoms with van der Waals surface area (Å²) in [4.78, 5) is 11.4. The number of nitrogens with one attached hydrogen (secondary N) is 1. The first-order chi connectivity index (χ1) is 8.63. The van der Waals surface area contributed by atoms with Crippen LogP contribution in [-0.2, 0) is 4.79 Å². The van der Waals surface area contributed by atoms with E-state index in [1.807, 2.05) is 0 Å². The fraction of sp³-hybridized carbons (Fsp3) is 0.417. The lowest BCUT2D eigenvalue weighted by molar-refractivity contribution is -0.121. The van der Waals surface area contributed by atoms with Crippen molar-refractivity contribution < 1.29 is 9.53 Å². The summed E-state index contributed by atoms with van der Waals surface area (Å²) in [6, 6.07) is 5.25. The Kier molecular flexibility index (Phi) is 7.08. The van der Waals surface area contributed by atoms with E-state index in [9.17, 15) is 4.79 Å². The van der Waals surface area contributed by atoms with Crippen molar-refractivity contribution in [1.82, 2.24) is 5.32 Å². The smallest absolute Gasteiger partial charge is 0.223 e. The minimum atomic E-state index is -0.0338. The maximum absolute atomic E-state index is 11.4. The molecular formula is C12H16BrClN2O2. The number of benzene rings is 1. The molecule has 0 aromatic heterocycles. The van der Waals surface area contributed by atoms with Crippen molar-refractivity contribution in [2.75, 3.05) is 19.7 Å². The van der Waals surface area contributed by atoms with Crippen LogP contribution in [0.4, 0.5) is 0 Å². The normalized spacial score (nSPS) is 10.2. The lowest BCUT2D eigenvalue weighted by Gasteiger charge is -2.08. The Morgan fingerprint density at radius 2 is 2.28 bits per heavy atom. The average molecular weight is 336 g/mol. The van der Waals surface area contributed by atoms with Crippen molar-refractivity contribution in [3.8, 4) is 5.75 Å². The predicted molar refractivity (Wildman–Crippen MR) is 75.9 cm³/mol. The lowest BCUT2D eigenvalue weighted by Crippen LogP contribution is -2.27. The molecule has 100 valence electrons. The SMILES string of the molecule is NCCCNC(=O)CCOc1ccc(Cl)cc1Br. The van der Waals surface area contributed by atoms with Crippen LogP contribution < -0.4 is 15.8 Å². The van der Waals surface area contributed by atoms with Gasteiger partial charge in [0.15, 0.2) is 0 Å². The molecule has 1 amide bonds.